The lowest BCUT2D eigenvalue weighted by atomic mass is 9.68. The van der Waals surface area contributed by atoms with Crippen LogP contribution in [0.25, 0.3) is 0 Å². The van der Waals surface area contributed by atoms with Gasteiger partial charge in [0, 0.05) is 23.5 Å². The highest BCUT2D eigenvalue weighted by atomic mass is 35.5. The first kappa shape index (κ1) is 26.1. The van der Waals surface area contributed by atoms with E-state index >= 15 is 0 Å². The van der Waals surface area contributed by atoms with E-state index in [1.54, 1.807) is 12.1 Å². The third kappa shape index (κ3) is 5.38. The van der Waals surface area contributed by atoms with Gasteiger partial charge in [-0.3, -0.25) is 4.79 Å². The number of carbonyl (C=O) groups is 1. The van der Waals surface area contributed by atoms with Crippen LogP contribution >= 0.6 is 11.6 Å². The number of carbonyl (C=O) groups excluding carboxylic acids is 1. The predicted octanol–water partition coefficient (Wildman–Crippen LogP) is 4.37. The van der Waals surface area contributed by atoms with E-state index in [1.165, 1.54) is 37.1 Å². The van der Waals surface area contributed by atoms with Crippen LogP contribution in [0, 0.1) is 11.8 Å². The first-order chi connectivity index (χ1) is 20.2. The van der Waals surface area contributed by atoms with Crippen LogP contribution in [0.4, 0.5) is 5.69 Å². The van der Waals surface area contributed by atoms with Gasteiger partial charge in [0.2, 0.25) is 0 Å². The average Bonchev–Trinajstić information content (AvgIpc) is 3.06. The Balaban J connectivity index is 1.45. The van der Waals surface area contributed by atoms with Gasteiger partial charge in [0.25, 0.3) is 15.9 Å². The minimum absolute atomic E-state index is 0.0760. The predicted molar refractivity (Wildman–Crippen MR) is 157 cm³/mol. The van der Waals surface area contributed by atoms with E-state index in [0.29, 0.717) is 36.2 Å². The van der Waals surface area contributed by atoms with Crippen molar-refractivity contribution in [1.82, 2.24) is 4.72 Å². The molecule has 1 spiro atoms. The zero-order chi connectivity index (χ0) is 30.8. The Morgan fingerprint density at radius 3 is 2.80 bits per heavy atom. The normalized spacial score (nSPS) is 33.4. The molecule has 2 aliphatic carbocycles. The second kappa shape index (κ2) is 10.6. The minimum Gasteiger partial charge on any atom is -0.490 e. The molecule has 41 heavy (non-hydrogen) atoms. The number of sulfonamides is 1. The van der Waals surface area contributed by atoms with E-state index in [2.05, 4.69) is 15.7 Å². The SMILES string of the molecule is [2H]C1([2H])/C=C/[C@H](O)[C@@H]2CC[C@H]2CN2C[C@@]3(CCCc4cc(Cl)ccc43)COc3ccc(cc32)S(=O)(=O)NC(=O)C(C)(C)O1. The number of hydrogen-bond donors (Lipinski definition) is 2. The maximum atomic E-state index is 13.5. The molecule has 10 heteroatoms. The lowest BCUT2D eigenvalue weighted by Gasteiger charge is -2.45. The van der Waals surface area contributed by atoms with Gasteiger partial charge in [-0.25, -0.2) is 13.1 Å². The number of fused-ring (bicyclic) bond motifs is 4. The van der Waals surface area contributed by atoms with Gasteiger partial charge in [0.1, 0.15) is 11.4 Å². The van der Waals surface area contributed by atoms with Crippen molar-refractivity contribution < 1.29 is 30.5 Å². The second-order valence-corrected chi connectivity index (χ2v) is 14.4. The van der Waals surface area contributed by atoms with Gasteiger partial charge >= 0.3 is 0 Å². The van der Waals surface area contributed by atoms with Gasteiger partial charge in [-0.1, -0.05) is 29.8 Å². The fourth-order valence-corrected chi connectivity index (χ4v) is 7.94. The molecule has 1 amide bonds. The minimum atomic E-state index is -4.34. The van der Waals surface area contributed by atoms with Crippen LogP contribution in [-0.4, -0.2) is 57.4 Å². The number of nitrogens with zero attached hydrogens (tertiary/aromatic N) is 1. The lowest BCUT2D eigenvalue weighted by Crippen LogP contribution is -2.49. The molecule has 0 saturated heterocycles. The molecular weight excluding hydrogens is 564 g/mol. The molecule has 4 atom stereocenters. The highest BCUT2D eigenvalue weighted by Crippen LogP contribution is 2.47. The Labute approximate surface area is 249 Å². The summed E-state index contributed by atoms with van der Waals surface area (Å²) in [5.74, 6) is -0.510. The molecule has 0 radical (unpaired) electrons. The topological polar surface area (TPSA) is 105 Å². The lowest BCUT2D eigenvalue weighted by molar-refractivity contribution is -0.139. The summed E-state index contributed by atoms with van der Waals surface area (Å²) >= 11 is 6.36. The van der Waals surface area contributed by atoms with E-state index in [0.717, 1.165) is 38.2 Å². The van der Waals surface area contributed by atoms with Crippen LogP contribution in [-0.2, 0) is 31.4 Å². The number of halogens is 1. The number of nitrogens with one attached hydrogen (secondary N) is 1. The van der Waals surface area contributed by atoms with Crippen molar-refractivity contribution in [3.63, 3.8) is 0 Å². The molecule has 2 heterocycles. The van der Waals surface area contributed by atoms with Crippen molar-refractivity contribution in [3.05, 3.63) is 64.7 Å². The van der Waals surface area contributed by atoms with Gasteiger partial charge in [0.05, 0.1) is 32.6 Å². The number of aryl methyl sites for hydroxylation is 1. The van der Waals surface area contributed by atoms with Crippen molar-refractivity contribution in [2.24, 2.45) is 11.8 Å². The monoisotopic (exact) mass is 602 g/mol. The van der Waals surface area contributed by atoms with Crippen molar-refractivity contribution in [2.45, 2.75) is 68.0 Å². The summed E-state index contributed by atoms with van der Waals surface area (Å²) in [6, 6.07) is 10.6. The van der Waals surface area contributed by atoms with Crippen LogP contribution in [0.5, 0.6) is 5.75 Å². The third-order valence-corrected chi connectivity index (χ3v) is 10.7. The Hall–Kier alpha value is -2.59. The highest BCUT2D eigenvalue weighted by molar-refractivity contribution is 7.90. The third-order valence-electron chi connectivity index (χ3n) is 9.14. The Kier molecular flexibility index (Phi) is 6.74. The van der Waals surface area contributed by atoms with Crippen molar-refractivity contribution >= 4 is 33.2 Å². The molecule has 6 rings (SSSR count). The molecule has 0 aromatic heterocycles. The molecule has 4 aliphatic rings. The largest absolute Gasteiger partial charge is 0.490 e. The number of aliphatic hydroxyl groups is 1. The number of aliphatic hydroxyl groups excluding tert-OH is 1. The fourth-order valence-electron chi connectivity index (χ4n) is 6.63. The summed E-state index contributed by atoms with van der Waals surface area (Å²) in [4.78, 5) is 15.2. The summed E-state index contributed by atoms with van der Waals surface area (Å²) in [6.45, 7) is 1.70. The number of hydrogen-bond acceptors (Lipinski definition) is 7. The van der Waals surface area contributed by atoms with Crippen LogP contribution < -0.4 is 14.4 Å². The van der Waals surface area contributed by atoms with Crippen molar-refractivity contribution in [1.29, 1.82) is 0 Å². The molecule has 2 aromatic carbocycles. The van der Waals surface area contributed by atoms with Gasteiger partial charge in [0.15, 0.2) is 0 Å². The van der Waals surface area contributed by atoms with Crippen molar-refractivity contribution in [2.75, 3.05) is 31.2 Å². The van der Waals surface area contributed by atoms with Gasteiger partial charge in [-0.15, -0.1) is 0 Å². The Morgan fingerprint density at radius 2 is 2.02 bits per heavy atom. The molecule has 1 saturated carbocycles. The molecular formula is C31H37ClN2O6S. The molecule has 0 unspecified atom stereocenters. The van der Waals surface area contributed by atoms with Crippen LogP contribution in [0.15, 0.2) is 53.4 Å². The van der Waals surface area contributed by atoms with E-state index in [4.69, 9.17) is 23.8 Å². The smallest absolute Gasteiger partial charge is 0.265 e. The first-order valence-electron chi connectivity index (χ1n) is 15.1. The quantitative estimate of drug-likeness (QED) is 0.432. The Morgan fingerprint density at radius 1 is 1.20 bits per heavy atom. The van der Waals surface area contributed by atoms with E-state index in [9.17, 15) is 18.3 Å². The number of amides is 1. The van der Waals surface area contributed by atoms with Crippen LogP contribution in [0.1, 0.15) is 53.4 Å². The molecule has 2 N–H and O–H groups in total. The van der Waals surface area contributed by atoms with Crippen LogP contribution in [0.3, 0.4) is 0 Å². The summed E-state index contributed by atoms with van der Waals surface area (Å²) in [6.07, 6.45) is 5.97. The highest BCUT2D eigenvalue weighted by Gasteiger charge is 2.44. The first-order valence-corrected chi connectivity index (χ1v) is 16.0. The molecule has 220 valence electrons. The summed E-state index contributed by atoms with van der Waals surface area (Å²) in [7, 11) is -4.34. The average molecular weight is 603 g/mol. The molecule has 2 bridgehead atoms. The second-order valence-electron chi connectivity index (χ2n) is 12.2. The summed E-state index contributed by atoms with van der Waals surface area (Å²) < 4.78 is 57.5. The number of rotatable bonds is 0. The van der Waals surface area contributed by atoms with Crippen LogP contribution in [0.2, 0.25) is 5.02 Å². The van der Waals surface area contributed by atoms with Gasteiger partial charge in [-0.05, 0) is 99.2 Å². The fraction of sp³-hybridized carbons (Fsp3) is 0.516. The molecule has 1 fully saturated rings. The molecule has 2 aromatic rings. The Bertz CT molecular complexity index is 1580. The van der Waals surface area contributed by atoms with E-state index in [-0.39, 0.29) is 22.1 Å². The summed E-state index contributed by atoms with van der Waals surface area (Å²) in [5, 5.41) is 11.8. The maximum absolute atomic E-state index is 13.5. The van der Waals surface area contributed by atoms with Gasteiger partial charge in [-0.2, -0.15) is 0 Å². The molecule has 8 nitrogen and oxygen atoms in total. The van der Waals surface area contributed by atoms with E-state index in [1.807, 2.05) is 12.1 Å². The van der Waals surface area contributed by atoms with Crippen molar-refractivity contribution in [3.8, 4) is 5.75 Å². The molecule has 2 aliphatic heterocycles. The maximum Gasteiger partial charge on any atom is 0.265 e. The number of ether oxygens (including phenoxy) is 2. The van der Waals surface area contributed by atoms with Gasteiger partial charge < -0.3 is 19.5 Å². The number of anilines is 1. The zero-order valence-electron chi connectivity index (χ0n) is 25.2. The number of benzene rings is 2. The summed E-state index contributed by atoms with van der Waals surface area (Å²) in [5.41, 5.74) is 0.783. The zero-order valence-corrected chi connectivity index (χ0v) is 24.8. The van der Waals surface area contributed by atoms with E-state index < -0.39 is 34.2 Å². The standard InChI is InChI=1S/C31H37ClN2O6S/c1-30(2)29(36)33-41(37,38)23-9-12-28-26(16-23)34(17-21-7-10-24(21)27(35)6-4-14-40-30)18-31(19-39-28)13-3-5-20-15-22(32)8-11-25(20)31/h4,6,8-9,11-12,15-16,21,24,27,35H,3,5,7,10,13-14,17-19H2,1-2H3,(H,33,36)/b6-4+/t21-,24+,27-,31-/m0/s1/i14D2.